The number of nitrogens with zero attached hydrogens (tertiary/aromatic N) is 3. The third-order valence-electron chi connectivity index (χ3n) is 6.60. The van der Waals surface area contributed by atoms with E-state index >= 15 is 0 Å². The average Bonchev–Trinajstić information content (AvgIpc) is 3.26. The van der Waals surface area contributed by atoms with Crippen LogP contribution in [0.2, 0.25) is 0 Å². The van der Waals surface area contributed by atoms with Crippen molar-refractivity contribution in [3.63, 3.8) is 0 Å². The molecule has 6 rings (SSSR count). The molecule has 3 aromatic rings. The lowest BCUT2D eigenvalue weighted by Gasteiger charge is -2.33. The Bertz CT molecular complexity index is 1300. The molecule has 2 amide bonds. The molecule has 0 aliphatic carbocycles. The fraction of sp³-hybridized carbons (Fsp3) is 0.160. The second-order valence-electron chi connectivity index (χ2n) is 7.97. The summed E-state index contributed by atoms with van der Waals surface area (Å²) in [6.07, 6.45) is 3.82. The van der Waals surface area contributed by atoms with Crippen molar-refractivity contribution >= 4 is 34.4 Å². The van der Waals surface area contributed by atoms with Gasteiger partial charge in [-0.3, -0.25) is 9.59 Å². The first-order valence-electron chi connectivity index (χ1n) is 10.0. The van der Waals surface area contributed by atoms with Gasteiger partial charge in [0.2, 0.25) is 11.8 Å². The fourth-order valence-corrected chi connectivity index (χ4v) is 5.35. The Morgan fingerprint density at radius 1 is 0.833 bits per heavy atom. The number of imide groups is 1. The van der Waals surface area contributed by atoms with E-state index in [2.05, 4.69) is 6.07 Å². The molecule has 30 heavy (non-hydrogen) atoms. The fourth-order valence-electron chi connectivity index (χ4n) is 5.35. The second kappa shape index (κ2) is 6.04. The molecule has 0 N–H and O–H groups in total. The van der Waals surface area contributed by atoms with Gasteiger partial charge >= 0.3 is 0 Å². The summed E-state index contributed by atoms with van der Waals surface area (Å²) < 4.78 is 0. The predicted molar refractivity (Wildman–Crippen MR) is 113 cm³/mol. The Balaban J connectivity index is 1.52. The molecule has 0 saturated carbocycles. The Morgan fingerprint density at radius 2 is 1.57 bits per heavy atom. The molecule has 144 valence electrons. The molecule has 2 saturated heterocycles. The van der Waals surface area contributed by atoms with E-state index in [9.17, 15) is 14.9 Å². The molecule has 3 aliphatic heterocycles. The maximum atomic E-state index is 13.7. The summed E-state index contributed by atoms with van der Waals surface area (Å²) in [6.45, 7) is 0. The molecule has 0 unspecified atom stereocenters. The van der Waals surface area contributed by atoms with Gasteiger partial charge in [-0.25, -0.2) is 4.90 Å². The highest BCUT2D eigenvalue weighted by Crippen LogP contribution is 2.53. The van der Waals surface area contributed by atoms with Gasteiger partial charge in [0.1, 0.15) is 6.04 Å². The molecule has 3 heterocycles. The zero-order valence-corrected chi connectivity index (χ0v) is 16.0. The molecule has 0 aromatic heterocycles. The monoisotopic (exact) mass is 391 g/mol. The van der Waals surface area contributed by atoms with Gasteiger partial charge in [0, 0.05) is 11.6 Å². The normalized spacial score (nSPS) is 26.5. The first-order valence-corrected chi connectivity index (χ1v) is 10.0. The van der Waals surface area contributed by atoms with E-state index in [4.69, 9.17) is 0 Å². The van der Waals surface area contributed by atoms with Crippen LogP contribution in [-0.4, -0.2) is 22.8 Å². The summed E-state index contributed by atoms with van der Waals surface area (Å²) in [4.78, 5) is 30.5. The maximum Gasteiger partial charge on any atom is 0.240 e. The number of anilines is 1. The van der Waals surface area contributed by atoms with E-state index in [0.717, 1.165) is 21.9 Å². The number of benzene rings is 3. The standard InChI is InChI=1S/C25H17N3O2/c26-14-20-21-22(23-18-10-4-2-7-16(18)12-13-27(20)23)25(30)28(24(21)29)19-11-5-8-15-6-1-3-9-17(15)19/h1-13,20-23H/t20-,21+,22-,23+/m1/s1. The van der Waals surface area contributed by atoms with Crippen LogP contribution in [0.1, 0.15) is 17.2 Å². The number of rotatable bonds is 1. The van der Waals surface area contributed by atoms with Crippen LogP contribution in [0.4, 0.5) is 5.69 Å². The number of carbonyl (C=O) groups excluding carboxylic acids is 2. The second-order valence-corrected chi connectivity index (χ2v) is 7.97. The van der Waals surface area contributed by atoms with E-state index < -0.39 is 17.9 Å². The molecular weight excluding hydrogens is 374 g/mol. The quantitative estimate of drug-likeness (QED) is 0.591. The summed E-state index contributed by atoms with van der Waals surface area (Å²) in [6, 6.07) is 22.6. The third kappa shape index (κ3) is 2.05. The number of carbonyl (C=O) groups is 2. The van der Waals surface area contributed by atoms with Gasteiger partial charge in [0.15, 0.2) is 0 Å². The molecule has 5 heteroatoms. The summed E-state index contributed by atoms with van der Waals surface area (Å²) in [7, 11) is 0. The Hall–Kier alpha value is -3.91. The number of amides is 2. The average molecular weight is 391 g/mol. The van der Waals surface area contributed by atoms with Gasteiger partial charge in [-0.2, -0.15) is 5.26 Å². The van der Waals surface area contributed by atoms with E-state index in [0.29, 0.717) is 5.69 Å². The van der Waals surface area contributed by atoms with E-state index in [-0.39, 0.29) is 17.9 Å². The van der Waals surface area contributed by atoms with Crippen molar-refractivity contribution in [2.24, 2.45) is 11.8 Å². The lowest BCUT2D eigenvalue weighted by atomic mass is 9.85. The minimum atomic E-state index is -0.678. The molecule has 4 atom stereocenters. The molecule has 5 nitrogen and oxygen atoms in total. The maximum absolute atomic E-state index is 13.7. The smallest absolute Gasteiger partial charge is 0.240 e. The number of nitriles is 1. The van der Waals surface area contributed by atoms with Crippen LogP contribution in [0, 0.1) is 23.2 Å². The van der Waals surface area contributed by atoms with Crippen LogP contribution >= 0.6 is 0 Å². The van der Waals surface area contributed by atoms with Crippen LogP contribution in [0.5, 0.6) is 0 Å². The molecule has 3 aromatic carbocycles. The minimum Gasteiger partial charge on any atom is -0.353 e. The van der Waals surface area contributed by atoms with Gasteiger partial charge in [-0.05, 0) is 28.7 Å². The highest BCUT2D eigenvalue weighted by atomic mass is 16.2. The first kappa shape index (κ1) is 17.0. The van der Waals surface area contributed by atoms with Crippen molar-refractivity contribution in [2.45, 2.75) is 12.1 Å². The number of hydrogen-bond donors (Lipinski definition) is 0. The highest BCUT2D eigenvalue weighted by molar-refractivity contribution is 6.25. The lowest BCUT2D eigenvalue weighted by molar-refractivity contribution is -0.123. The number of hydrogen-bond acceptors (Lipinski definition) is 4. The molecule has 2 fully saturated rings. The molecule has 0 spiro atoms. The van der Waals surface area contributed by atoms with Crippen molar-refractivity contribution in [1.82, 2.24) is 4.90 Å². The zero-order valence-electron chi connectivity index (χ0n) is 16.0. The SMILES string of the molecule is N#C[C@@H]1[C@@H]2C(=O)N(c3cccc4ccccc34)C(=O)[C@H]2[C@@H]2c3ccccc3C=CN12. The van der Waals surface area contributed by atoms with Crippen molar-refractivity contribution < 1.29 is 9.59 Å². The van der Waals surface area contributed by atoms with Crippen LogP contribution < -0.4 is 4.90 Å². The van der Waals surface area contributed by atoms with Gasteiger partial charge in [-0.15, -0.1) is 0 Å². The van der Waals surface area contributed by atoms with E-state index in [1.165, 1.54) is 4.90 Å². The predicted octanol–water partition coefficient (Wildman–Crippen LogP) is 3.88. The molecule has 0 radical (unpaired) electrons. The topological polar surface area (TPSA) is 64.4 Å². The van der Waals surface area contributed by atoms with Crippen molar-refractivity contribution in [3.05, 3.63) is 84.1 Å². The van der Waals surface area contributed by atoms with Crippen molar-refractivity contribution in [2.75, 3.05) is 4.90 Å². The van der Waals surface area contributed by atoms with Crippen LogP contribution in [0.25, 0.3) is 16.8 Å². The summed E-state index contributed by atoms with van der Waals surface area (Å²) in [5.41, 5.74) is 2.62. The molecule has 0 bridgehead atoms. The summed E-state index contributed by atoms with van der Waals surface area (Å²) in [5.74, 6) is -1.76. The van der Waals surface area contributed by atoms with Crippen molar-refractivity contribution in [3.8, 4) is 6.07 Å². The molecule has 3 aliphatic rings. The zero-order chi connectivity index (χ0) is 20.4. The minimum absolute atomic E-state index is 0.223. The Morgan fingerprint density at radius 3 is 2.43 bits per heavy atom. The third-order valence-corrected chi connectivity index (χ3v) is 6.60. The highest BCUT2D eigenvalue weighted by Gasteiger charge is 2.63. The van der Waals surface area contributed by atoms with Gasteiger partial charge in [0.05, 0.1) is 29.6 Å². The Labute approximate surface area is 173 Å². The van der Waals surface area contributed by atoms with Crippen LogP contribution in [0.15, 0.2) is 72.9 Å². The lowest BCUT2D eigenvalue weighted by Crippen LogP contribution is -2.40. The summed E-state index contributed by atoms with van der Waals surface area (Å²) >= 11 is 0. The van der Waals surface area contributed by atoms with Gasteiger partial charge in [-0.1, -0.05) is 60.7 Å². The number of fused-ring (bicyclic) bond motifs is 6. The molecular formula is C25H17N3O2. The van der Waals surface area contributed by atoms with Crippen LogP contribution in [-0.2, 0) is 9.59 Å². The largest absolute Gasteiger partial charge is 0.353 e. The first-order chi connectivity index (χ1) is 14.7. The van der Waals surface area contributed by atoms with Gasteiger partial charge in [0.25, 0.3) is 0 Å². The van der Waals surface area contributed by atoms with Crippen LogP contribution in [0.3, 0.4) is 0 Å². The van der Waals surface area contributed by atoms with E-state index in [1.54, 1.807) is 0 Å². The van der Waals surface area contributed by atoms with Gasteiger partial charge < -0.3 is 4.90 Å². The summed E-state index contributed by atoms with van der Waals surface area (Å²) in [5, 5.41) is 11.8. The van der Waals surface area contributed by atoms with E-state index in [1.807, 2.05) is 83.9 Å². The Kier molecular flexibility index (Phi) is 3.42. The van der Waals surface area contributed by atoms with Crippen molar-refractivity contribution in [1.29, 1.82) is 5.26 Å².